The van der Waals surface area contributed by atoms with Gasteiger partial charge in [0.25, 0.3) is 5.82 Å². The topological polar surface area (TPSA) is 118 Å². The molecule has 0 spiro atoms. The molecule has 130 valence electrons. The number of nitriles is 1. The van der Waals surface area contributed by atoms with Gasteiger partial charge >= 0.3 is 0 Å². The normalized spacial score (nSPS) is 12.1. The molecule has 0 saturated carbocycles. The first-order valence-corrected chi connectivity index (χ1v) is 7.99. The van der Waals surface area contributed by atoms with E-state index in [9.17, 15) is 14.4 Å². The molecule has 27 heavy (non-hydrogen) atoms. The Kier molecular flexibility index (Phi) is 3.82. The summed E-state index contributed by atoms with van der Waals surface area (Å²) in [6.45, 7) is -0.183. The van der Waals surface area contributed by atoms with Gasteiger partial charge in [0.15, 0.2) is 11.6 Å². The van der Waals surface area contributed by atoms with Crippen LogP contribution in [0.15, 0.2) is 48.8 Å². The lowest BCUT2D eigenvalue weighted by atomic mass is 9.83. The fourth-order valence-corrected chi connectivity index (χ4v) is 3.01. The highest BCUT2D eigenvalue weighted by Gasteiger charge is 2.31. The monoisotopic (exact) mass is 357 g/mol. The fraction of sp³-hybridized carbons (Fsp3) is 0.0526. The maximum atomic E-state index is 12.9. The smallest absolute Gasteiger partial charge is 0.252 e. The molecular weight excluding hydrogens is 346 g/mol. The molecule has 0 saturated heterocycles. The molecular formula is C19H11N5O3. The SMILES string of the molecule is N#Cc1ncn(CC(=O)Nc2cccc3c2C(=O)c2ccccc2C3=O)n1. The minimum atomic E-state index is -0.461. The average molecular weight is 357 g/mol. The number of carbonyl (C=O) groups excluding carboxylic acids is 3. The minimum Gasteiger partial charge on any atom is -0.324 e. The number of nitrogens with one attached hydrogen (secondary N) is 1. The highest BCUT2D eigenvalue weighted by Crippen LogP contribution is 2.31. The van der Waals surface area contributed by atoms with E-state index in [1.54, 1.807) is 48.5 Å². The Hall–Kier alpha value is -4.12. The summed E-state index contributed by atoms with van der Waals surface area (Å²) in [5.41, 5.74) is 1.35. The fourth-order valence-electron chi connectivity index (χ4n) is 3.01. The van der Waals surface area contributed by atoms with E-state index >= 15 is 0 Å². The average Bonchev–Trinajstić information content (AvgIpc) is 3.13. The first kappa shape index (κ1) is 16.4. The number of rotatable bonds is 3. The number of carbonyl (C=O) groups is 3. The second kappa shape index (κ2) is 6.31. The van der Waals surface area contributed by atoms with E-state index in [4.69, 9.17) is 5.26 Å². The molecule has 0 aliphatic heterocycles. The van der Waals surface area contributed by atoms with Crippen molar-refractivity contribution < 1.29 is 14.4 Å². The Balaban J connectivity index is 1.66. The first-order valence-electron chi connectivity index (χ1n) is 7.99. The summed E-state index contributed by atoms with van der Waals surface area (Å²) >= 11 is 0. The van der Waals surface area contributed by atoms with Crippen molar-refractivity contribution in [3.05, 3.63) is 76.9 Å². The minimum absolute atomic E-state index is 0.0442. The van der Waals surface area contributed by atoms with E-state index in [0.717, 1.165) is 0 Å². The highest BCUT2D eigenvalue weighted by molar-refractivity contribution is 6.30. The van der Waals surface area contributed by atoms with Crippen LogP contribution in [-0.4, -0.2) is 32.2 Å². The molecule has 0 radical (unpaired) electrons. The highest BCUT2D eigenvalue weighted by atomic mass is 16.2. The van der Waals surface area contributed by atoms with Gasteiger partial charge in [0.2, 0.25) is 5.91 Å². The number of nitrogens with zero attached hydrogens (tertiary/aromatic N) is 4. The Morgan fingerprint density at radius 1 is 1.04 bits per heavy atom. The van der Waals surface area contributed by atoms with Crippen molar-refractivity contribution >= 4 is 23.2 Å². The third-order valence-corrected chi connectivity index (χ3v) is 4.17. The molecule has 1 heterocycles. The molecule has 0 bridgehead atoms. The van der Waals surface area contributed by atoms with Crippen LogP contribution >= 0.6 is 0 Å². The summed E-state index contributed by atoms with van der Waals surface area (Å²) in [7, 11) is 0. The molecule has 2 aromatic carbocycles. The van der Waals surface area contributed by atoms with Crippen molar-refractivity contribution in [3.8, 4) is 6.07 Å². The van der Waals surface area contributed by atoms with E-state index in [2.05, 4.69) is 15.4 Å². The van der Waals surface area contributed by atoms with Crippen molar-refractivity contribution in [2.45, 2.75) is 6.54 Å². The zero-order valence-electron chi connectivity index (χ0n) is 13.8. The zero-order chi connectivity index (χ0) is 19.0. The third kappa shape index (κ3) is 2.77. The van der Waals surface area contributed by atoms with Crippen LogP contribution in [0, 0.1) is 11.3 Å². The lowest BCUT2D eigenvalue weighted by Gasteiger charge is -2.20. The van der Waals surface area contributed by atoms with E-state index in [1.807, 2.05) is 0 Å². The number of aromatic nitrogens is 3. The van der Waals surface area contributed by atoms with Crippen LogP contribution in [0.5, 0.6) is 0 Å². The van der Waals surface area contributed by atoms with E-state index in [-0.39, 0.29) is 40.7 Å². The summed E-state index contributed by atoms with van der Waals surface area (Å²) in [6.07, 6.45) is 1.27. The van der Waals surface area contributed by atoms with E-state index in [1.165, 1.54) is 11.0 Å². The second-order valence-corrected chi connectivity index (χ2v) is 5.86. The van der Waals surface area contributed by atoms with Crippen molar-refractivity contribution in [1.82, 2.24) is 14.8 Å². The van der Waals surface area contributed by atoms with Gasteiger partial charge in [-0.15, -0.1) is 5.10 Å². The van der Waals surface area contributed by atoms with Crippen molar-refractivity contribution in [2.75, 3.05) is 5.32 Å². The van der Waals surface area contributed by atoms with Gasteiger partial charge in [0.1, 0.15) is 18.9 Å². The lowest BCUT2D eigenvalue weighted by molar-refractivity contribution is -0.116. The van der Waals surface area contributed by atoms with E-state index in [0.29, 0.717) is 11.1 Å². The Labute approximate surface area is 153 Å². The van der Waals surface area contributed by atoms with Crippen LogP contribution in [0.3, 0.4) is 0 Å². The number of anilines is 1. The summed E-state index contributed by atoms with van der Waals surface area (Å²) in [5.74, 6) is -1.08. The molecule has 0 fully saturated rings. The van der Waals surface area contributed by atoms with Gasteiger partial charge in [0, 0.05) is 16.7 Å². The Morgan fingerprint density at radius 3 is 2.44 bits per heavy atom. The molecule has 1 aliphatic carbocycles. The van der Waals surface area contributed by atoms with Crippen molar-refractivity contribution in [1.29, 1.82) is 5.26 Å². The first-order chi connectivity index (χ1) is 13.1. The largest absolute Gasteiger partial charge is 0.324 e. The molecule has 4 rings (SSSR count). The van der Waals surface area contributed by atoms with Gasteiger partial charge in [-0.3, -0.25) is 14.4 Å². The summed E-state index contributed by atoms with van der Waals surface area (Å²) in [6, 6.07) is 13.1. The molecule has 1 aliphatic rings. The number of benzene rings is 2. The maximum Gasteiger partial charge on any atom is 0.252 e. The van der Waals surface area contributed by atoms with E-state index < -0.39 is 5.91 Å². The molecule has 1 aromatic heterocycles. The molecule has 1 N–H and O–H groups in total. The van der Waals surface area contributed by atoms with Crippen molar-refractivity contribution in [2.24, 2.45) is 0 Å². The molecule has 0 unspecified atom stereocenters. The van der Waals surface area contributed by atoms with Gasteiger partial charge in [-0.05, 0) is 6.07 Å². The summed E-state index contributed by atoms with van der Waals surface area (Å²) in [4.78, 5) is 41.6. The van der Waals surface area contributed by atoms with Gasteiger partial charge in [0.05, 0.1) is 11.3 Å². The number of hydrogen-bond donors (Lipinski definition) is 1. The standard InChI is InChI=1S/C19H11N5O3/c20-8-15-21-10-24(23-15)9-16(25)22-14-7-3-6-13-17(14)19(27)12-5-2-1-4-11(12)18(13)26/h1-7,10H,9H2,(H,22,25). The number of fused-ring (bicyclic) bond motifs is 2. The van der Waals surface area contributed by atoms with Gasteiger partial charge < -0.3 is 5.32 Å². The van der Waals surface area contributed by atoms with Crippen LogP contribution in [-0.2, 0) is 11.3 Å². The molecule has 0 atom stereocenters. The van der Waals surface area contributed by atoms with Crippen LogP contribution in [0.2, 0.25) is 0 Å². The van der Waals surface area contributed by atoms with Gasteiger partial charge in [-0.2, -0.15) is 5.26 Å². The molecule has 8 heteroatoms. The molecule has 3 aromatic rings. The zero-order valence-corrected chi connectivity index (χ0v) is 13.8. The number of ketones is 2. The summed E-state index contributed by atoms with van der Waals surface area (Å²) < 4.78 is 1.21. The predicted molar refractivity (Wildman–Crippen MR) is 93.1 cm³/mol. The number of amides is 1. The summed E-state index contributed by atoms with van der Waals surface area (Å²) in [5, 5.41) is 15.2. The van der Waals surface area contributed by atoms with Crippen molar-refractivity contribution in [3.63, 3.8) is 0 Å². The Bertz CT molecular complexity index is 1160. The van der Waals surface area contributed by atoms with Gasteiger partial charge in [-0.25, -0.2) is 9.67 Å². The van der Waals surface area contributed by atoms with Crippen LogP contribution in [0.1, 0.15) is 37.7 Å². The van der Waals surface area contributed by atoms with Crippen LogP contribution in [0.4, 0.5) is 5.69 Å². The lowest BCUT2D eigenvalue weighted by Crippen LogP contribution is -2.25. The molecule has 8 nitrogen and oxygen atoms in total. The predicted octanol–water partition coefficient (Wildman–Crippen LogP) is 1.56. The number of hydrogen-bond acceptors (Lipinski definition) is 6. The van der Waals surface area contributed by atoms with Gasteiger partial charge in [-0.1, -0.05) is 36.4 Å². The van der Waals surface area contributed by atoms with Crippen LogP contribution in [0.25, 0.3) is 0 Å². The second-order valence-electron chi connectivity index (χ2n) is 5.86. The molecule has 1 amide bonds. The Morgan fingerprint density at radius 2 is 1.74 bits per heavy atom. The third-order valence-electron chi connectivity index (χ3n) is 4.17. The van der Waals surface area contributed by atoms with Crippen LogP contribution < -0.4 is 5.32 Å². The maximum absolute atomic E-state index is 12.9. The quantitative estimate of drug-likeness (QED) is 0.594.